The van der Waals surface area contributed by atoms with Gasteiger partial charge in [0.05, 0.1) is 19.0 Å². The molecule has 8 heteroatoms. The SMILES string of the molecule is Cl.O=C(Nc1ccc(CC(=O)N2CCc3ccccc32)cc1)C1CC(F)(F)CN1. The van der Waals surface area contributed by atoms with Gasteiger partial charge in [0.25, 0.3) is 5.92 Å². The van der Waals surface area contributed by atoms with E-state index in [-0.39, 0.29) is 24.7 Å². The Bertz CT molecular complexity index is 905. The molecule has 0 spiro atoms. The zero-order chi connectivity index (χ0) is 19.7. The number of nitrogens with zero attached hydrogens (tertiary/aromatic N) is 1. The summed E-state index contributed by atoms with van der Waals surface area (Å²) >= 11 is 0. The highest BCUT2D eigenvalue weighted by Gasteiger charge is 2.42. The van der Waals surface area contributed by atoms with Gasteiger partial charge in [0, 0.05) is 24.3 Å². The zero-order valence-corrected chi connectivity index (χ0v) is 16.5. The highest BCUT2D eigenvalue weighted by Crippen LogP contribution is 2.28. The molecule has 2 aromatic rings. The van der Waals surface area contributed by atoms with Gasteiger partial charge in [-0.15, -0.1) is 12.4 Å². The molecule has 29 heavy (non-hydrogen) atoms. The molecule has 2 N–H and O–H groups in total. The minimum absolute atomic E-state index is 0. The van der Waals surface area contributed by atoms with Crippen LogP contribution in [0.25, 0.3) is 0 Å². The van der Waals surface area contributed by atoms with E-state index in [9.17, 15) is 18.4 Å². The first-order valence-corrected chi connectivity index (χ1v) is 9.31. The Morgan fingerprint density at radius 2 is 1.86 bits per heavy atom. The number of anilines is 2. The molecular weight excluding hydrogens is 400 g/mol. The molecule has 0 saturated carbocycles. The number of carbonyl (C=O) groups is 2. The van der Waals surface area contributed by atoms with E-state index < -0.39 is 30.8 Å². The third-order valence-electron chi connectivity index (χ3n) is 5.19. The van der Waals surface area contributed by atoms with Crippen molar-refractivity contribution in [1.82, 2.24) is 5.32 Å². The fraction of sp³-hybridized carbons (Fsp3) is 0.333. The van der Waals surface area contributed by atoms with Crippen LogP contribution < -0.4 is 15.5 Å². The second-order valence-corrected chi connectivity index (χ2v) is 7.28. The number of carbonyl (C=O) groups excluding carboxylic acids is 2. The van der Waals surface area contributed by atoms with Gasteiger partial charge in [-0.25, -0.2) is 8.78 Å². The van der Waals surface area contributed by atoms with Crippen LogP contribution in [0.2, 0.25) is 0 Å². The maximum Gasteiger partial charge on any atom is 0.262 e. The van der Waals surface area contributed by atoms with Gasteiger partial charge in [0.1, 0.15) is 0 Å². The van der Waals surface area contributed by atoms with Crippen LogP contribution >= 0.6 is 12.4 Å². The third-order valence-corrected chi connectivity index (χ3v) is 5.19. The molecule has 4 rings (SSSR count). The zero-order valence-electron chi connectivity index (χ0n) is 15.7. The van der Waals surface area contributed by atoms with Gasteiger partial charge < -0.3 is 10.2 Å². The van der Waals surface area contributed by atoms with Crippen LogP contribution in [0.15, 0.2) is 48.5 Å². The standard InChI is InChI=1S/C21H21F2N3O2.ClH/c22-21(23)12-17(24-13-21)20(28)25-16-7-5-14(6-8-16)11-19(27)26-10-9-15-3-1-2-4-18(15)26;/h1-8,17,24H,9-13H2,(H,25,28);1H. The van der Waals surface area contributed by atoms with Crippen molar-refractivity contribution in [2.45, 2.75) is 31.2 Å². The molecule has 5 nitrogen and oxygen atoms in total. The summed E-state index contributed by atoms with van der Waals surface area (Å²) < 4.78 is 26.4. The highest BCUT2D eigenvalue weighted by atomic mass is 35.5. The molecule has 1 fully saturated rings. The summed E-state index contributed by atoms with van der Waals surface area (Å²) in [5.41, 5.74) is 3.50. The molecule has 2 amide bonds. The summed E-state index contributed by atoms with van der Waals surface area (Å²) in [5.74, 6) is -3.30. The lowest BCUT2D eigenvalue weighted by molar-refractivity contribution is -0.119. The molecule has 0 bridgehead atoms. The fourth-order valence-electron chi connectivity index (χ4n) is 3.70. The third kappa shape index (κ3) is 4.74. The first-order valence-electron chi connectivity index (χ1n) is 9.31. The van der Waals surface area contributed by atoms with E-state index in [2.05, 4.69) is 10.6 Å². The quantitative estimate of drug-likeness (QED) is 0.797. The smallest absolute Gasteiger partial charge is 0.262 e. The minimum atomic E-state index is -2.85. The van der Waals surface area contributed by atoms with Gasteiger partial charge in [0.2, 0.25) is 11.8 Å². The van der Waals surface area contributed by atoms with Gasteiger partial charge in [0.15, 0.2) is 0 Å². The minimum Gasteiger partial charge on any atom is -0.325 e. The topological polar surface area (TPSA) is 61.4 Å². The van der Waals surface area contributed by atoms with E-state index in [1.54, 1.807) is 29.2 Å². The van der Waals surface area contributed by atoms with Crippen molar-refractivity contribution in [1.29, 1.82) is 0 Å². The number of benzene rings is 2. The monoisotopic (exact) mass is 421 g/mol. The molecule has 1 atom stereocenters. The van der Waals surface area contributed by atoms with Crippen molar-refractivity contribution in [3.63, 3.8) is 0 Å². The summed E-state index contributed by atoms with van der Waals surface area (Å²) in [5, 5.41) is 5.17. The summed E-state index contributed by atoms with van der Waals surface area (Å²) in [6, 6.07) is 13.9. The van der Waals surface area contributed by atoms with E-state index in [0.29, 0.717) is 12.2 Å². The van der Waals surface area contributed by atoms with Crippen LogP contribution in [0.5, 0.6) is 0 Å². The van der Waals surface area contributed by atoms with Crippen molar-refractivity contribution in [2.24, 2.45) is 0 Å². The number of hydrogen-bond acceptors (Lipinski definition) is 3. The summed E-state index contributed by atoms with van der Waals surface area (Å²) in [6.07, 6.45) is 0.628. The molecule has 2 aliphatic rings. The first kappa shape index (κ1) is 21.2. The molecule has 2 heterocycles. The molecule has 2 aliphatic heterocycles. The van der Waals surface area contributed by atoms with Crippen molar-refractivity contribution in [3.05, 3.63) is 59.7 Å². The van der Waals surface area contributed by atoms with E-state index >= 15 is 0 Å². The number of alkyl halides is 2. The Hall–Kier alpha value is -2.51. The highest BCUT2D eigenvalue weighted by molar-refractivity contribution is 5.97. The number of para-hydroxylation sites is 1. The van der Waals surface area contributed by atoms with Gasteiger partial charge in [-0.1, -0.05) is 30.3 Å². The molecule has 0 aliphatic carbocycles. The normalized spacial score (nSPS) is 19.4. The van der Waals surface area contributed by atoms with Gasteiger partial charge in [-0.2, -0.15) is 0 Å². The van der Waals surface area contributed by atoms with Crippen molar-refractivity contribution in [2.75, 3.05) is 23.3 Å². The lowest BCUT2D eigenvalue weighted by Crippen LogP contribution is -2.35. The van der Waals surface area contributed by atoms with Crippen LogP contribution in [-0.4, -0.2) is 36.9 Å². The van der Waals surface area contributed by atoms with E-state index in [1.165, 1.54) is 5.56 Å². The molecular formula is C21H22ClF2N3O2. The molecule has 1 saturated heterocycles. The number of halogens is 3. The molecule has 154 valence electrons. The number of nitrogens with one attached hydrogen (secondary N) is 2. The van der Waals surface area contributed by atoms with Crippen LogP contribution in [-0.2, 0) is 22.4 Å². The summed E-state index contributed by atoms with van der Waals surface area (Å²) in [6.45, 7) is 0.205. The second-order valence-electron chi connectivity index (χ2n) is 7.28. The molecule has 1 unspecified atom stereocenters. The number of amides is 2. The molecule has 0 aromatic heterocycles. The first-order chi connectivity index (χ1) is 13.4. The Balaban J connectivity index is 0.00000240. The lowest BCUT2D eigenvalue weighted by Gasteiger charge is -2.17. The van der Waals surface area contributed by atoms with E-state index in [4.69, 9.17) is 0 Å². The Labute approximate surface area is 173 Å². The lowest BCUT2D eigenvalue weighted by atomic mass is 10.1. The van der Waals surface area contributed by atoms with Crippen LogP contribution in [0.3, 0.4) is 0 Å². The van der Waals surface area contributed by atoms with Gasteiger partial charge in [-0.3, -0.25) is 14.9 Å². The Kier molecular flexibility index (Phi) is 6.19. The van der Waals surface area contributed by atoms with Crippen molar-refractivity contribution < 1.29 is 18.4 Å². The fourth-order valence-corrected chi connectivity index (χ4v) is 3.70. The Morgan fingerprint density at radius 3 is 2.55 bits per heavy atom. The van der Waals surface area contributed by atoms with Crippen molar-refractivity contribution in [3.8, 4) is 0 Å². The van der Waals surface area contributed by atoms with Crippen LogP contribution in [0.1, 0.15) is 17.5 Å². The second kappa shape index (κ2) is 8.47. The Morgan fingerprint density at radius 1 is 1.14 bits per heavy atom. The van der Waals surface area contributed by atoms with Crippen molar-refractivity contribution >= 4 is 35.6 Å². The maximum absolute atomic E-state index is 13.2. The van der Waals surface area contributed by atoms with Gasteiger partial charge in [-0.05, 0) is 35.7 Å². The number of hydrogen-bond donors (Lipinski definition) is 2. The molecule has 0 radical (unpaired) electrons. The predicted molar refractivity (Wildman–Crippen MR) is 110 cm³/mol. The summed E-state index contributed by atoms with van der Waals surface area (Å²) in [4.78, 5) is 26.5. The van der Waals surface area contributed by atoms with Crippen LogP contribution in [0, 0.1) is 0 Å². The van der Waals surface area contributed by atoms with E-state index in [0.717, 1.165) is 17.7 Å². The molecule has 2 aromatic carbocycles. The van der Waals surface area contributed by atoms with E-state index in [1.807, 2.05) is 24.3 Å². The number of fused-ring (bicyclic) bond motifs is 1. The average Bonchev–Trinajstić information content (AvgIpc) is 3.26. The summed E-state index contributed by atoms with van der Waals surface area (Å²) in [7, 11) is 0. The van der Waals surface area contributed by atoms with Crippen LogP contribution in [0.4, 0.5) is 20.2 Å². The largest absolute Gasteiger partial charge is 0.325 e. The van der Waals surface area contributed by atoms with Gasteiger partial charge >= 0.3 is 0 Å². The maximum atomic E-state index is 13.2. The predicted octanol–water partition coefficient (Wildman–Crippen LogP) is 3.18. The average molecular weight is 422 g/mol. The number of rotatable bonds is 4.